The minimum atomic E-state index is -1.74. The average molecular weight is 376 g/mol. The topological polar surface area (TPSA) is 0 Å². The van der Waals surface area contributed by atoms with Gasteiger partial charge in [-0.2, -0.15) is 0 Å². The molecule has 0 aliphatic heterocycles. The molecule has 19 heavy (non-hydrogen) atoms. The van der Waals surface area contributed by atoms with Gasteiger partial charge < -0.3 is 24.8 Å². The first-order chi connectivity index (χ1) is 7.91. The van der Waals surface area contributed by atoms with Crippen molar-refractivity contribution in [3.63, 3.8) is 0 Å². The molecular formula is C16H22Cl2Zr. The summed E-state index contributed by atoms with van der Waals surface area (Å²) in [5.74, 6) is 0. The zero-order chi connectivity index (χ0) is 12.7. The number of allylic oxidation sites excluding steroid dienone is 8. The van der Waals surface area contributed by atoms with Gasteiger partial charge in [0.05, 0.1) is 0 Å². The zero-order valence-electron chi connectivity index (χ0n) is 12.5. The van der Waals surface area contributed by atoms with Crippen molar-refractivity contribution in [2.45, 2.75) is 47.5 Å². The van der Waals surface area contributed by atoms with Crippen LogP contribution in [0.2, 0.25) is 0 Å². The van der Waals surface area contributed by atoms with Crippen molar-refractivity contribution in [2.75, 3.05) is 0 Å². The first-order valence-electron chi connectivity index (χ1n) is 6.35. The molecule has 0 heterocycles. The summed E-state index contributed by atoms with van der Waals surface area (Å²) in [5, 5.41) is 0. The van der Waals surface area contributed by atoms with Crippen molar-refractivity contribution in [3.05, 3.63) is 40.5 Å². The van der Waals surface area contributed by atoms with Gasteiger partial charge in [0.2, 0.25) is 0 Å². The van der Waals surface area contributed by atoms with E-state index < -0.39 is 21.3 Å². The van der Waals surface area contributed by atoms with E-state index in [2.05, 4.69) is 44.9 Å². The van der Waals surface area contributed by atoms with E-state index in [-0.39, 0.29) is 24.8 Å². The van der Waals surface area contributed by atoms with E-state index in [0.29, 0.717) is 0 Å². The van der Waals surface area contributed by atoms with Crippen molar-refractivity contribution in [1.29, 1.82) is 0 Å². The molecule has 2 aliphatic rings. The van der Waals surface area contributed by atoms with Crippen molar-refractivity contribution in [2.24, 2.45) is 0 Å². The Morgan fingerprint density at radius 2 is 1.47 bits per heavy atom. The molecular weight excluding hydrogens is 354 g/mol. The van der Waals surface area contributed by atoms with Crippen LogP contribution in [0.25, 0.3) is 0 Å². The van der Waals surface area contributed by atoms with E-state index in [1.54, 1.807) is 17.7 Å². The Kier molecular flexibility index (Phi) is 7.46. The predicted octanol–water partition coefficient (Wildman–Crippen LogP) is -1.32. The molecule has 104 valence electrons. The summed E-state index contributed by atoms with van der Waals surface area (Å²) in [6.45, 7) is 11.4. The Hall–Kier alpha value is 0.293. The average Bonchev–Trinajstić information content (AvgIpc) is 2.72. The van der Waals surface area contributed by atoms with Crippen LogP contribution < -0.4 is 24.8 Å². The minimum absolute atomic E-state index is 0. The van der Waals surface area contributed by atoms with Crippen LogP contribution in [-0.2, 0) is 21.3 Å². The van der Waals surface area contributed by atoms with Crippen molar-refractivity contribution in [1.82, 2.24) is 0 Å². The van der Waals surface area contributed by atoms with E-state index in [9.17, 15) is 0 Å². The van der Waals surface area contributed by atoms with Gasteiger partial charge in [-0.1, -0.05) is 0 Å². The maximum Gasteiger partial charge on any atom is -1.00 e. The van der Waals surface area contributed by atoms with Gasteiger partial charge in [0, 0.05) is 0 Å². The molecule has 0 fully saturated rings. The molecule has 2 rings (SSSR count). The van der Waals surface area contributed by atoms with Gasteiger partial charge in [0.25, 0.3) is 0 Å². The molecule has 0 atom stereocenters. The number of hydrogen-bond acceptors (Lipinski definition) is 0. The molecule has 0 saturated carbocycles. The molecule has 0 aromatic carbocycles. The van der Waals surface area contributed by atoms with Crippen LogP contribution in [0.15, 0.2) is 40.5 Å². The molecule has 0 nitrogen and oxygen atoms in total. The molecule has 0 saturated heterocycles. The fraction of sp³-hybridized carbons (Fsp3) is 0.438. The first kappa shape index (κ1) is 19.3. The molecule has 0 N–H and O–H groups in total. The predicted molar refractivity (Wildman–Crippen MR) is 73.9 cm³/mol. The molecule has 0 aromatic rings. The fourth-order valence-electron chi connectivity index (χ4n) is 2.86. The van der Waals surface area contributed by atoms with Crippen LogP contribution in [-0.4, -0.2) is 4.21 Å². The van der Waals surface area contributed by atoms with Gasteiger partial charge in [-0.25, -0.2) is 0 Å². The monoisotopic (exact) mass is 374 g/mol. The summed E-state index contributed by atoms with van der Waals surface area (Å²) >= 11 is -1.74. The number of rotatable bonds is 2. The molecule has 0 radical (unpaired) electrons. The third kappa shape index (κ3) is 3.69. The molecule has 3 heteroatoms. The van der Waals surface area contributed by atoms with Gasteiger partial charge in [0.15, 0.2) is 0 Å². The van der Waals surface area contributed by atoms with Gasteiger partial charge in [-0.15, -0.1) is 0 Å². The molecule has 2 aliphatic carbocycles. The van der Waals surface area contributed by atoms with Gasteiger partial charge in [-0.05, 0) is 0 Å². The van der Waals surface area contributed by atoms with E-state index in [0.717, 1.165) is 0 Å². The second-order valence-electron chi connectivity index (χ2n) is 5.49. The van der Waals surface area contributed by atoms with Crippen molar-refractivity contribution < 1.29 is 46.1 Å². The smallest absolute Gasteiger partial charge is 1.00 e. The summed E-state index contributed by atoms with van der Waals surface area (Å²) in [6, 6.07) is 0. The van der Waals surface area contributed by atoms with Crippen molar-refractivity contribution >= 4 is 4.21 Å². The summed E-state index contributed by atoms with van der Waals surface area (Å²) in [7, 11) is 0. The maximum atomic E-state index is 4.63. The second kappa shape index (κ2) is 7.34. The van der Waals surface area contributed by atoms with Gasteiger partial charge in [-0.3, -0.25) is 0 Å². The normalized spacial score (nSPS) is 18.0. The van der Waals surface area contributed by atoms with Gasteiger partial charge >= 0.3 is 113 Å². The molecule has 0 unspecified atom stereocenters. The van der Waals surface area contributed by atoms with Crippen LogP contribution >= 0.6 is 0 Å². The van der Waals surface area contributed by atoms with Crippen LogP contribution in [0.3, 0.4) is 0 Å². The SMILES string of the molecule is [CH2]=[Zr+2]([C]1=C(C)C=C(C)C1)[C]1=C(C)C(C)=C(C)C1.[Cl-].[Cl-]. The quantitative estimate of drug-likeness (QED) is 0.561. The minimum Gasteiger partial charge on any atom is -1.00 e. The summed E-state index contributed by atoms with van der Waals surface area (Å²) in [6.07, 6.45) is 4.78. The third-order valence-corrected chi connectivity index (χ3v) is 10.6. The number of hydrogen-bond donors (Lipinski definition) is 0. The largest absolute Gasteiger partial charge is 1.00 e. The van der Waals surface area contributed by atoms with Crippen molar-refractivity contribution in [3.8, 4) is 0 Å². The Labute approximate surface area is 137 Å². The second-order valence-corrected chi connectivity index (χ2v) is 10.8. The van der Waals surface area contributed by atoms with Crippen LogP contribution in [0.1, 0.15) is 47.5 Å². The van der Waals surface area contributed by atoms with E-state index in [1.165, 1.54) is 29.6 Å². The van der Waals surface area contributed by atoms with Crippen LogP contribution in [0, 0.1) is 0 Å². The van der Waals surface area contributed by atoms with Crippen LogP contribution in [0.5, 0.6) is 0 Å². The van der Waals surface area contributed by atoms with E-state index in [1.807, 2.05) is 0 Å². The van der Waals surface area contributed by atoms with E-state index >= 15 is 0 Å². The van der Waals surface area contributed by atoms with Crippen LogP contribution in [0.4, 0.5) is 0 Å². The summed E-state index contributed by atoms with van der Waals surface area (Å²) in [4.78, 5) is 0. The zero-order valence-corrected chi connectivity index (χ0v) is 16.4. The molecule has 0 amide bonds. The first-order valence-corrected chi connectivity index (χ1v) is 10.5. The van der Waals surface area contributed by atoms with Gasteiger partial charge in [0.1, 0.15) is 0 Å². The Balaban J connectivity index is 0.00000162. The van der Waals surface area contributed by atoms with E-state index in [4.69, 9.17) is 0 Å². The third-order valence-electron chi connectivity index (χ3n) is 4.22. The molecule has 0 aromatic heterocycles. The summed E-state index contributed by atoms with van der Waals surface area (Å²) < 4.78 is 8.09. The Morgan fingerprint density at radius 3 is 1.84 bits per heavy atom. The Morgan fingerprint density at radius 1 is 0.895 bits per heavy atom. The Bertz CT molecular complexity index is 531. The maximum absolute atomic E-state index is 4.63. The number of halogens is 2. The standard InChI is InChI=1S/C8H11.C7H9.CH2.2ClH.Zr/c1-6-4-5-7(2)8(6)3;1-6-3-4-7(2)5-6;;;;/h4H2,1-3H3;5H,3H2,1-2H3;1H2;2*1H;/q;;;;;+2/p-2. The summed E-state index contributed by atoms with van der Waals surface area (Å²) in [5.41, 5.74) is 7.71. The molecule has 0 bridgehead atoms. The molecule has 0 spiro atoms. The fourth-order valence-corrected chi connectivity index (χ4v) is 9.07.